The van der Waals surface area contributed by atoms with Crippen LogP contribution in [0.1, 0.15) is 5.56 Å². The van der Waals surface area contributed by atoms with Gasteiger partial charge in [0.1, 0.15) is 4.90 Å². The maximum atomic E-state index is 12.3. The Balaban J connectivity index is 2.39. The van der Waals surface area contributed by atoms with Crippen LogP contribution in [0.25, 0.3) is 0 Å². The van der Waals surface area contributed by atoms with E-state index >= 15 is 0 Å². The molecule has 0 atom stereocenters. The van der Waals surface area contributed by atoms with Crippen LogP contribution in [-0.2, 0) is 17.1 Å². The Kier molecular flexibility index (Phi) is 4.08. The highest BCUT2D eigenvalue weighted by atomic mass is 32.2. The molecule has 0 fully saturated rings. The maximum absolute atomic E-state index is 12.3. The van der Waals surface area contributed by atoms with Crippen molar-refractivity contribution in [1.29, 1.82) is 0 Å². The van der Waals surface area contributed by atoms with Crippen molar-refractivity contribution in [1.82, 2.24) is 9.78 Å². The van der Waals surface area contributed by atoms with Crippen molar-refractivity contribution in [2.24, 2.45) is 12.8 Å². The van der Waals surface area contributed by atoms with Crippen LogP contribution in [0.3, 0.4) is 0 Å². The van der Waals surface area contributed by atoms with Gasteiger partial charge in [0.25, 0.3) is 10.0 Å². The fourth-order valence-electron chi connectivity index (χ4n) is 1.63. The number of hydrogen-bond donors (Lipinski definition) is 2. The van der Waals surface area contributed by atoms with Crippen molar-refractivity contribution in [3.8, 4) is 11.8 Å². The highest BCUT2D eigenvalue weighted by Gasteiger charge is 2.18. The van der Waals surface area contributed by atoms with Gasteiger partial charge in [-0.3, -0.25) is 9.40 Å². The number of sulfonamides is 1. The summed E-state index contributed by atoms with van der Waals surface area (Å²) in [4.78, 5) is 0.116. The van der Waals surface area contributed by atoms with Crippen LogP contribution in [-0.4, -0.2) is 24.7 Å². The highest BCUT2D eigenvalue weighted by molar-refractivity contribution is 7.92. The SMILES string of the molecule is Cn1cc(NS(=O)(=O)c2ccccc2C#CCN)cn1. The van der Waals surface area contributed by atoms with Gasteiger partial charge < -0.3 is 5.73 Å². The van der Waals surface area contributed by atoms with Crippen LogP contribution in [0.2, 0.25) is 0 Å². The van der Waals surface area contributed by atoms with Crippen molar-refractivity contribution in [2.75, 3.05) is 11.3 Å². The van der Waals surface area contributed by atoms with E-state index in [4.69, 9.17) is 5.73 Å². The zero-order valence-corrected chi connectivity index (χ0v) is 11.7. The van der Waals surface area contributed by atoms with Gasteiger partial charge in [-0.2, -0.15) is 5.10 Å². The fraction of sp³-hybridized carbons (Fsp3) is 0.154. The summed E-state index contributed by atoms with van der Waals surface area (Å²) in [6, 6.07) is 6.51. The minimum absolute atomic E-state index is 0.116. The zero-order chi connectivity index (χ0) is 14.6. The molecule has 0 bridgehead atoms. The topological polar surface area (TPSA) is 90.0 Å². The minimum atomic E-state index is -3.71. The standard InChI is InChI=1S/C13H14N4O2S/c1-17-10-12(9-15-17)16-20(18,19)13-7-3-2-5-11(13)6-4-8-14/h2-3,5,7,9-10,16H,8,14H2,1H3. The molecule has 6 nitrogen and oxygen atoms in total. The molecule has 0 aliphatic carbocycles. The number of aryl methyl sites for hydroxylation is 1. The molecule has 3 N–H and O–H groups in total. The molecule has 0 amide bonds. The lowest BCUT2D eigenvalue weighted by molar-refractivity contribution is 0.601. The van der Waals surface area contributed by atoms with Crippen LogP contribution >= 0.6 is 0 Å². The number of aromatic nitrogens is 2. The monoisotopic (exact) mass is 290 g/mol. The van der Waals surface area contributed by atoms with Crippen LogP contribution < -0.4 is 10.5 Å². The van der Waals surface area contributed by atoms with Crippen molar-refractivity contribution in [2.45, 2.75) is 4.90 Å². The van der Waals surface area contributed by atoms with Crippen LogP contribution in [0, 0.1) is 11.8 Å². The fourth-order valence-corrected chi connectivity index (χ4v) is 2.83. The molecule has 0 spiro atoms. The Morgan fingerprint density at radius 3 is 2.80 bits per heavy atom. The van der Waals surface area contributed by atoms with Crippen LogP contribution in [0.5, 0.6) is 0 Å². The minimum Gasteiger partial charge on any atom is -0.320 e. The van der Waals surface area contributed by atoms with E-state index in [1.54, 1.807) is 31.4 Å². The maximum Gasteiger partial charge on any atom is 0.263 e. The Labute approximate surface area is 117 Å². The molecule has 0 saturated heterocycles. The van der Waals surface area contributed by atoms with Crippen molar-refractivity contribution >= 4 is 15.7 Å². The van der Waals surface area contributed by atoms with E-state index in [2.05, 4.69) is 21.7 Å². The molecule has 104 valence electrons. The molecule has 0 aliphatic heterocycles. The van der Waals surface area contributed by atoms with Gasteiger partial charge in [-0.25, -0.2) is 8.42 Å². The van der Waals surface area contributed by atoms with E-state index in [9.17, 15) is 8.42 Å². The number of benzene rings is 1. The van der Waals surface area contributed by atoms with Crippen molar-refractivity contribution in [3.05, 3.63) is 42.2 Å². The van der Waals surface area contributed by atoms with Crippen LogP contribution in [0.15, 0.2) is 41.6 Å². The van der Waals surface area contributed by atoms with Gasteiger partial charge in [0.15, 0.2) is 0 Å². The first-order chi connectivity index (χ1) is 9.53. The summed E-state index contributed by atoms with van der Waals surface area (Å²) in [5.74, 6) is 5.41. The second-order valence-electron chi connectivity index (χ2n) is 4.01. The molecule has 0 unspecified atom stereocenters. The summed E-state index contributed by atoms with van der Waals surface area (Å²) >= 11 is 0. The lowest BCUT2D eigenvalue weighted by Crippen LogP contribution is -2.14. The number of nitrogens with one attached hydrogen (secondary N) is 1. The van der Waals surface area contributed by atoms with Gasteiger partial charge >= 0.3 is 0 Å². The molecule has 0 aliphatic rings. The first-order valence-electron chi connectivity index (χ1n) is 5.82. The van der Waals surface area contributed by atoms with Gasteiger partial charge in [0, 0.05) is 18.8 Å². The van der Waals surface area contributed by atoms with Crippen LogP contribution in [0.4, 0.5) is 5.69 Å². The second kappa shape index (κ2) is 5.77. The molecular weight excluding hydrogens is 276 g/mol. The van der Waals surface area contributed by atoms with Gasteiger partial charge in [0.2, 0.25) is 0 Å². The van der Waals surface area contributed by atoms with Gasteiger partial charge in [-0.15, -0.1) is 0 Å². The number of nitrogens with zero attached hydrogens (tertiary/aromatic N) is 2. The summed E-state index contributed by atoms with van der Waals surface area (Å²) in [6.07, 6.45) is 3.01. The number of rotatable bonds is 3. The predicted molar refractivity (Wildman–Crippen MR) is 76.4 cm³/mol. The zero-order valence-electron chi connectivity index (χ0n) is 10.9. The summed E-state index contributed by atoms with van der Waals surface area (Å²) in [5.41, 5.74) is 6.12. The first-order valence-corrected chi connectivity index (χ1v) is 7.30. The Morgan fingerprint density at radius 1 is 1.40 bits per heavy atom. The predicted octanol–water partition coefficient (Wildman–Crippen LogP) is 0.531. The largest absolute Gasteiger partial charge is 0.320 e. The molecule has 1 heterocycles. The van der Waals surface area contributed by atoms with Gasteiger partial charge in [0.05, 0.1) is 18.4 Å². The molecular formula is C13H14N4O2S. The third-order valence-corrected chi connectivity index (χ3v) is 3.90. The lowest BCUT2D eigenvalue weighted by atomic mass is 10.2. The number of nitrogens with two attached hydrogens (primary N) is 1. The van der Waals surface area contributed by atoms with E-state index in [-0.39, 0.29) is 11.4 Å². The molecule has 7 heteroatoms. The third kappa shape index (κ3) is 3.17. The smallest absolute Gasteiger partial charge is 0.263 e. The molecule has 1 aromatic carbocycles. The Bertz CT molecular complexity index is 769. The van der Waals surface area contributed by atoms with Crippen molar-refractivity contribution < 1.29 is 8.42 Å². The molecule has 0 saturated carbocycles. The Hall–Kier alpha value is -2.30. The summed E-state index contributed by atoms with van der Waals surface area (Å²) in [7, 11) is -2.00. The van der Waals surface area contributed by atoms with E-state index in [1.165, 1.54) is 16.9 Å². The first kappa shape index (κ1) is 14.1. The summed E-state index contributed by atoms with van der Waals surface area (Å²) in [5, 5.41) is 3.91. The quantitative estimate of drug-likeness (QED) is 0.807. The van der Waals surface area contributed by atoms with Crippen molar-refractivity contribution in [3.63, 3.8) is 0 Å². The Morgan fingerprint density at radius 2 is 2.15 bits per heavy atom. The van der Waals surface area contributed by atoms with E-state index in [1.807, 2.05) is 0 Å². The number of anilines is 1. The van der Waals surface area contributed by atoms with E-state index < -0.39 is 10.0 Å². The molecule has 20 heavy (non-hydrogen) atoms. The second-order valence-corrected chi connectivity index (χ2v) is 5.66. The van der Waals surface area contributed by atoms with E-state index in [0.717, 1.165) is 0 Å². The van der Waals surface area contributed by atoms with E-state index in [0.29, 0.717) is 11.3 Å². The lowest BCUT2D eigenvalue weighted by Gasteiger charge is -2.07. The van der Waals surface area contributed by atoms with Gasteiger partial charge in [-0.1, -0.05) is 24.0 Å². The third-order valence-electron chi connectivity index (χ3n) is 2.46. The summed E-state index contributed by atoms with van der Waals surface area (Å²) < 4.78 is 28.7. The molecule has 2 rings (SSSR count). The highest BCUT2D eigenvalue weighted by Crippen LogP contribution is 2.18. The number of hydrogen-bond acceptors (Lipinski definition) is 4. The molecule has 0 radical (unpaired) electrons. The normalized spacial score (nSPS) is 10.7. The summed E-state index contributed by atoms with van der Waals surface area (Å²) in [6.45, 7) is 0.171. The molecule has 2 aromatic rings. The molecule has 1 aromatic heterocycles. The van der Waals surface area contributed by atoms with Gasteiger partial charge in [-0.05, 0) is 12.1 Å². The average Bonchev–Trinajstić information content (AvgIpc) is 2.81. The average molecular weight is 290 g/mol.